The molecule has 7 heteroatoms. The number of H-pyrrole nitrogens is 1. The number of hydrogen-bond donors (Lipinski definition) is 4. The number of aromatic nitrogens is 1. The molecule has 0 spiro atoms. The molecular weight excluding hydrogens is 308 g/mol. The largest absolute Gasteiger partial charge is 0.444 e. The number of anilines is 2. The van der Waals surface area contributed by atoms with Gasteiger partial charge in [0, 0.05) is 24.1 Å². The van der Waals surface area contributed by atoms with Crippen LogP contribution in [0, 0.1) is 0 Å². The normalized spacial score (nSPS) is 11.0. The molecule has 128 valence electrons. The Morgan fingerprint density at radius 1 is 1.21 bits per heavy atom. The van der Waals surface area contributed by atoms with Crippen LogP contribution in [0.4, 0.5) is 16.2 Å². The third-order valence-corrected chi connectivity index (χ3v) is 3.00. The highest BCUT2D eigenvalue weighted by Crippen LogP contribution is 2.13. The van der Waals surface area contributed by atoms with Gasteiger partial charge in [0.25, 0.3) is 5.91 Å². The van der Waals surface area contributed by atoms with Crippen molar-refractivity contribution in [1.82, 2.24) is 10.3 Å². The molecule has 0 fully saturated rings. The molecule has 5 N–H and O–H groups in total. The number of nitrogens with two attached hydrogens (primary N) is 1. The van der Waals surface area contributed by atoms with Crippen molar-refractivity contribution >= 4 is 23.4 Å². The number of rotatable bonds is 4. The summed E-state index contributed by atoms with van der Waals surface area (Å²) < 4.78 is 5.17. The van der Waals surface area contributed by atoms with Gasteiger partial charge in [0.05, 0.1) is 0 Å². The smallest absolute Gasteiger partial charge is 0.407 e. The van der Waals surface area contributed by atoms with Crippen molar-refractivity contribution in [3.63, 3.8) is 0 Å². The van der Waals surface area contributed by atoms with Crippen molar-refractivity contribution < 1.29 is 14.3 Å². The lowest BCUT2D eigenvalue weighted by atomic mass is 10.2. The third kappa shape index (κ3) is 5.35. The van der Waals surface area contributed by atoms with Crippen LogP contribution in [0.3, 0.4) is 0 Å². The molecule has 1 aromatic heterocycles. The Morgan fingerprint density at radius 3 is 2.42 bits per heavy atom. The highest BCUT2D eigenvalue weighted by atomic mass is 16.6. The first-order chi connectivity index (χ1) is 11.2. The standard InChI is InChI=1S/C17H22N4O3/c1-17(2,3)24-16(23)20-9-11-4-6-13(7-5-11)21-15(22)14-8-12(18)10-19-14/h4-8,10,19H,9,18H2,1-3H3,(H,20,23)(H,21,22). The molecule has 0 atom stereocenters. The molecule has 2 aromatic rings. The predicted molar refractivity (Wildman–Crippen MR) is 92.7 cm³/mol. The summed E-state index contributed by atoms with van der Waals surface area (Å²) in [5.41, 5.74) is 7.48. The van der Waals surface area contributed by atoms with E-state index in [0.29, 0.717) is 23.6 Å². The van der Waals surface area contributed by atoms with Gasteiger partial charge in [-0.2, -0.15) is 0 Å². The van der Waals surface area contributed by atoms with Crippen molar-refractivity contribution in [2.75, 3.05) is 11.1 Å². The Labute approximate surface area is 140 Å². The molecule has 0 saturated heterocycles. The first-order valence-corrected chi connectivity index (χ1v) is 7.54. The van der Waals surface area contributed by atoms with Gasteiger partial charge < -0.3 is 26.1 Å². The number of alkyl carbamates (subject to hydrolysis) is 1. The third-order valence-electron chi connectivity index (χ3n) is 3.00. The van der Waals surface area contributed by atoms with Crippen molar-refractivity contribution in [3.8, 4) is 0 Å². The molecule has 2 amide bonds. The Kier molecular flexibility index (Phi) is 5.13. The van der Waals surface area contributed by atoms with Gasteiger partial charge in [-0.15, -0.1) is 0 Å². The predicted octanol–water partition coefficient (Wildman–Crippen LogP) is 2.87. The van der Waals surface area contributed by atoms with Crippen LogP contribution in [-0.4, -0.2) is 22.6 Å². The molecule has 7 nitrogen and oxygen atoms in total. The lowest BCUT2D eigenvalue weighted by Crippen LogP contribution is -2.32. The van der Waals surface area contributed by atoms with Gasteiger partial charge in [0.1, 0.15) is 11.3 Å². The highest BCUT2D eigenvalue weighted by Gasteiger charge is 2.15. The first kappa shape index (κ1) is 17.4. The van der Waals surface area contributed by atoms with Crippen LogP contribution in [-0.2, 0) is 11.3 Å². The first-order valence-electron chi connectivity index (χ1n) is 7.54. The molecule has 0 aliphatic heterocycles. The molecule has 0 aliphatic carbocycles. The van der Waals surface area contributed by atoms with Crippen LogP contribution in [0.2, 0.25) is 0 Å². The zero-order valence-electron chi connectivity index (χ0n) is 14.0. The summed E-state index contributed by atoms with van der Waals surface area (Å²) in [6.07, 6.45) is 1.09. The summed E-state index contributed by atoms with van der Waals surface area (Å²) >= 11 is 0. The van der Waals surface area contributed by atoms with Gasteiger partial charge in [-0.1, -0.05) is 12.1 Å². The van der Waals surface area contributed by atoms with Crippen molar-refractivity contribution in [2.45, 2.75) is 32.9 Å². The minimum absolute atomic E-state index is 0.272. The fraction of sp³-hybridized carbons (Fsp3) is 0.294. The second-order valence-corrected chi connectivity index (χ2v) is 6.35. The van der Waals surface area contributed by atoms with Crippen LogP contribution in [0.15, 0.2) is 36.5 Å². The highest BCUT2D eigenvalue weighted by molar-refractivity contribution is 6.03. The number of amides is 2. The van der Waals surface area contributed by atoms with E-state index >= 15 is 0 Å². The van der Waals surface area contributed by atoms with E-state index in [1.54, 1.807) is 24.4 Å². The maximum atomic E-state index is 12.0. The second kappa shape index (κ2) is 7.08. The van der Waals surface area contributed by atoms with Crippen LogP contribution in [0.25, 0.3) is 0 Å². The topological polar surface area (TPSA) is 109 Å². The van der Waals surface area contributed by atoms with Gasteiger partial charge >= 0.3 is 6.09 Å². The number of carbonyl (C=O) groups excluding carboxylic acids is 2. The lowest BCUT2D eigenvalue weighted by Gasteiger charge is -2.19. The molecule has 0 bridgehead atoms. The molecule has 0 saturated carbocycles. The molecule has 24 heavy (non-hydrogen) atoms. The monoisotopic (exact) mass is 330 g/mol. The van der Waals surface area contributed by atoms with Crippen LogP contribution >= 0.6 is 0 Å². The minimum Gasteiger partial charge on any atom is -0.444 e. The van der Waals surface area contributed by atoms with E-state index in [0.717, 1.165) is 5.56 Å². The van der Waals surface area contributed by atoms with Gasteiger partial charge in [-0.05, 0) is 44.5 Å². The fourth-order valence-corrected chi connectivity index (χ4v) is 1.93. The molecular formula is C17H22N4O3. The Morgan fingerprint density at radius 2 is 1.88 bits per heavy atom. The Bertz CT molecular complexity index is 714. The number of aromatic amines is 1. The summed E-state index contributed by atoms with van der Waals surface area (Å²) in [5.74, 6) is -0.272. The fourth-order valence-electron chi connectivity index (χ4n) is 1.93. The molecule has 1 aromatic carbocycles. The van der Waals surface area contributed by atoms with E-state index in [4.69, 9.17) is 10.5 Å². The van der Waals surface area contributed by atoms with E-state index < -0.39 is 11.7 Å². The average Bonchev–Trinajstić information content (AvgIpc) is 2.91. The van der Waals surface area contributed by atoms with Gasteiger partial charge in [0.2, 0.25) is 0 Å². The average molecular weight is 330 g/mol. The van der Waals surface area contributed by atoms with Crippen LogP contribution in [0.5, 0.6) is 0 Å². The number of benzene rings is 1. The lowest BCUT2D eigenvalue weighted by molar-refractivity contribution is 0.0523. The Balaban J connectivity index is 1.86. The minimum atomic E-state index is -0.528. The molecule has 0 unspecified atom stereocenters. The van der Waals surface area contributed by atoms with Gasteiger partial charge in [0.15, 0.2) is 0 Å². The van der Waals surface area contributed by atoms with E-state index in [9.17, 15) is 9.59 Å². The van der Waals surface area contributed by atoms with E-state index in [1.807, 2.05) is 32.9 Å². The van der Waals surface area contributed by atoms with Crippen molar-refractivity contribution in [3.05, 3.63) is 47.8 Å². The van der Waals surface area contributed by atoms with Crippen molar-refractivity contribution in [1.29, 1.82) is 0 Å². The number of hydrogen-bond acceptors (Lipinski definition) is 4. The second-order valence-electron chi connectivity index (χ2n) is 6.35. The zero-order chi connectivity index (χ0) is 17.7. The number of nitrogens with one attached hydrogen (secondary N) is 3. The number of nitrogen functional groups attached to an aromatic ring is 1. The summed E-state index contributed by atoms with van der Waals surface area (Å²) in [5, 5.41) is 5.43. The van der Waals surface area contributed by atoms with Crippen LogP contribution in [0.1, 0.15) is 36.8 Å². The summed E-state index contributed by atoms with van der Waals surface area (Å²) in [7, 11) is 0. The maximum absolute atomic E-state index is 12.0. The van der Waals surface area contributed by atoms with E-state index in [2.05, 4.69) is 15.6 Å². The zero-order valence-corrected chi connectivity index (χ0v) is 14.0. The summed E-state index contributed by atoms with van der Waals surface area (Å²) in [6.45, 7) is 5.77. The SMILES string of the molecule is CC(C)(C)OC(=O)NCc1ccc(NC(=O)c2cc(N)c[nH]2)cc1. The summed E-state index contributed by atoms with van der Waals surface area (Å²) in [4.78, 5) is 26.4. The quantitative estimate of drug-likeness (QED) is 0.691. The molecule has 1 heterocycles. The van der Waals surface area contributed by atoms with E-state index in [1.165, 1.54) is 0 Å². The van der Waals surface area contributed by atoms with E-state index in [-0.39, 0.29) is 5.91 Å². The number of ether oxygens (including phenoxy) is 1. The van der Waals surface area contributed by atoms with Crippen molar-refractivity contribution in [2.24, 2.45) is 0 Å². The maximum Gasteiger partial charge on any atom is 0.407 e. The van der Waals surface area contributed by atoms with Gasteiger partial charge in [-0.3, -0.25) is 4.79 Å². The summed E-state index contributed by atoms with van der Waals surface area (Å²) in [6, 6.07) is 8.72. The van der Waals surface area contributed by atoms with Crippen LogP contribution < -0.4 is 16.4 Å². The Hall–Kier alpha value is -2.96. The molecule has 0 aliphatic rings. The molecule has 0 radical (unpaired) electrons. The number of carbonyl (C=O) groups is 2. The molecule has 2 rings (SSSR count). The van der Waals surface area contributed by atoms with Gasteiger partial charge in [-0.25, -0.2) is 4.79 Å².